The van der Waals surface area contributed by atoms with Crippen LogP contribution in [0.1, 0.15) is 25.6 Å². The maximum Gasteiger partial charge on any atom is 0.142 e. The van der Waals surface area contributed by atoms with Crippen molar-refractivity contribution in [2.45, 2.75) is 26.7 Å². The molecule has 0 amide bonds. The summed E-state index contributed by atoms with van der Waals surface area (Å²) in [5.74, 6) is 4.09. The molecule has 1 aliphatic rings. The van der Waals surface area contributed by atoms with Gasteiger partial charge in [0.1, 0.15) is 23.2 Å². The summed E-state index contributed by atoms with van der Waals surface area (Å²) >= 11 is 0. The van der Waals surface area contributed by atoms with Gasteiger partial charge in [0.2, 0.25) is 0 Å². The molecule has 2 aromatic rings. The number of ether oxygens (including phenoxy) is 1. The fourth-order valence-corrected chi connectivity index (χ4v) is 3.06. The average molecular weight is 312 g/mol. The summed E-state index contributed by atoms with van der Waals surface area (Å²) in [4.78, 5) is 11.5. The first-order valence-corrected chi connectivity index (χ1v) is 8.16. The number of benzene rings is 1. The third-order valence-corrected chi connectivity index (χ3v) is 4.18. The molecule has 0 bridgehead atoms. The zero-order valence-corrected chi connectivity index (χ0v) is 14.0. The molecule has 0 spiro atoms. The predicted molar refractivity (Wildman–Crippen MR) is 93.7 cm³/mol. The van der Waals surface area contributed by atoms with E-state index in [1.165, 1.54) is 12.8 Å². The van der Waals surface area contributed by atoms with E-state index < -0.39 is 0 Å². The minimum Gasteiger partial charge on any atom is -0.495 e. The van der Waals surface area contributed by atoms with E-state index in [1.54, 1.807) is 7.11 Å². The van der Waals surface area contributed by atoms with Crippen LogP contribution in [0.5, 0.6) is 5.75 Å². The molecule has 0 saturated carbocycles. The third kappa shape index (κ3) is 3.73. The first-order chi connectivity index (χ1) is 11.2. The molecule has 1 unspecified atom stereocenters. The number of aryl methyl sites for hydroxylation is 1. The lowest BCUT2D eigenvalue weighted by molar-refractivity contribution is 0.417. The zero-order chi connectivity index (χ0) is 16.2. The molecule has 0 aliphatic carbocycles. The molecule has 1 N–H and O–H groups in total. The van der Waals surface area contributed by atoms with Gasteiger partial charge in [-0.1, -0.05) is 19.1 Å². The number of nitrogens with one attached hydrogen (secondary N) is 1. The van der Waals surface area contributed by atoms with Gasteiger partial charge in [0.15, 0.2) is 0 Å². The van der Waals surface area contributed by atoms with E-state index in [9.17, 15) is 0 Å². The molecule has 1 aromatic carbocycles. The van der Waals surface area contributed by atoms with Crippen LogP contribution in [0.2, 0.25) is 0 Å². The van der Waals surface area contributed by atoms with E-state index in [0.29, 0.717) is 5.92 Å². The summed E-state index contributed by atoms with van der Waals surface area (Å²) in [7, 11) is 1.67. The highest BCUT2D eigenvalue weighted by Crippen LogP contribution is 2.28. The van der Waals surface area contributed by atoms with Crippen LogP contribution in [0.3, 0.4) is 0 Å². The Bertz CT molecular complexity index is 674. The van der Waals surface area contributed by atoms with Crippen molar-refractivity contribution < 1.29 is 4.74 Å². The highest BCUT2D eigenvalue weighted by molar-refractivity contribution is 5.65. The molecule has 1 aromatic heterocycles. The monoisotopic (exact) mass is 312 g/mol. The van der Waals surface area contributed by atoms with Crippen LogP contribution in [0, 0.1) is 12.8 Å². The molecule has 1 fully saturated rings. The predicted octanol–water partition coefficient (Wildman–Crippen LogP) is 3.77. The first-order valence-electron chi connectivity index (χ1n) is 8.16. The van der Waals surface area contributed by atoms with Gasteiger partial charge in [-0.15, -0.1) is 0 Å². The van der Waals surface area contributed by atoms with Crippen molar-refractivity contribution in [1.29, 1.82) is 0 Å². The van der Waals surface area contributed by atoms with Gasteiger partial charge in [0.25, 0.3) is 0 Å². The Balaban J connectivity index is 1.85. The Labute approximate surface area is 137 Å². The minimum absolute atomic E-state index is 0.713. The molecular weight excluding hydrogens is 288 g/mol. The second-order valence-electron chi connectivity index (χ2n) is 6.18. The Hall–Kier alpha value is -2.30. The van der Waals surface area contributed by atoms with E-state index in [2.05, 4.69) is 27.1 Å². The van der Waals surface area contributed by atoms with Crippen molar-refractivity contribution in [3.05, 3.63) is 36.2 Å². The highest BCUT2D eigenvalue weighted by Gasteiger charge is 2.18. The molecule has 5 heteroatoms. The number of aromatic nitrogens is 2. The third-order valence-electron chi connectivity index (χ3n) is 4.18. The molecule has 0 radical (unpaired) electrons. The Morgan fingerprint density at radius 1 is 1.26 bits per heavy atom. The number of methoxy groups -OCH3 is 1. The van der Waals surface area contributed by atoms with Crippen LogP contribution < -0.4 is 15.0 Å². The van der Waals surface area contributed by atoms with Crippen molar-refractivity contribution >= 4 is 17.3 Å². The summed E-state index contributed by atoms with van der Waals surface area (Å²) in [6.07, 6.45) is 2.52. The summed E-state index contributed by atoms with van der Waals surface area (Å²) in [5.41, 5.74) is 0.908. The lowest BCUT2D eigenvalue weighted by Crippen LogP contribution is -2.35. The topological polar surface area (TPSA) is 50.3 Å². The standard InChI is InChI=1S/C18H24N4O/c1-13-7-6-10-22(12-13)18-11-17(19-14(2)20-18)21-15-8-4-5-9-16(15)23-3/h4-5,8-9,11,13H,6-7,10,12H2,1-3H3,(H,19,20,21). The highest BCUT2D eigenvalue weighted by atomic mass is 16.5. The molecule has 1 atom stereocenters. The van der Waals surface area contributed by atoms with Crippen LogP contribution >= 0.6 is 0 Å². The number of hydrogen-bond donors (Lipinski definition) is 1. The van der Waals surface area contributed by atoms with Crippen molar-refractivity contribution in [2.24, 2.45) is 5.92 Å². The largest absolute Gasteiger partial charge is 0.495 e. The van der Waals surface area contributed by atoms with Gasteiger partial charge < -0.3 is 15.0 Å². The molecular formula is C18H24N4O. The van der Waals surface area contributed by atoms with E-state index in [1.807, 2.05) is 37.3 Å². The van der Waals surface area contributed by atoms with Gasteiger partial charge in [0, 0.05) is 19.2 Å². The van der Waals surface area contributed by atoms with Crippen LogP contribution in [0.4, 0.5) is 17.3 Å². The molecule has 122 valence electrons. The lowest BCUT2D eigenvalue weighted by atomic mass is 10.0. The van der Waals surface area contributed by atoms with Crippen LogP contribution in [0.25, 0.3) is 0 Å². The number of anilines is 3. The SMILES string of the molecule is COc1ccccc1Nc1cc(N2CCCC(C)C2)nc(C)n1. The number of nitrogens with zero attached hydrogens (tertiary/aromatic N) is 3. The van der Waals surface area contributed by atoms with Gasteiger partial charge in [-0.2, -0.15) is 0 Å². The number of piperidine rings is 1. The smallest absolute Gasteiger partial charge is 0.142 e. The lowest BCUT2D eigenvalue weighted by Gasteiger charge is -2.32. The Kier molecular flexibility index (Phi) is 4.65. The van der Waals surface area contributed by atoms with Crippen molar-refractivity contribution in [3.63, 3.8) is 0 Å². The van der Waals surface area contributed by atoms with E-state index in [-0.39, 0.29) is 0 Å². The van der Waals surface area contributed by atoms with Crippen molar-refractivity contribution in [3.8, 4) is 5.75 Å². The van der Waals surface area contributed by atoms with Gasteiger partial charge in [-0.05, 0) is 37.8 Å². The van der Waals surface area contributed by atoms with Crippen LogP contribution in [0.15, 0.2) is 30.3 Å². The Morgan fingerprint density at radius 3 is 2.87 bits per heavy atom. The normalized spacial score (nSPS) is 17.9. The van der Waals surface area contributed by atoms with Crippen molar-refractivity contribution in [1.82, 2.24) is 9.97 Å². The fourth-order valence-electron chi connectivity index (χ4n) is 3.06. The van der Waals surface area contributed by atoms with Gasteiger partial charge in [-0.3, -0.25) is 0 Å². The number of para-hydroxylation sites is 2. The van der Waals surface area contributed by atoms with Gasteiger partial charge >= 0.3 is 0 Å². The van der Waals surface area contributed by atoms with Gasteiger partial charge in [-0.25, -0.2) is 9.97 Å². The summed E-state index contributed by atoms with van der Waals surface area (Å²) < 4.78 is 5.39. The molecule has 1 aliphatic heterocycles. The number of hydrogen-bond acceptors (Lipinski definition) is 5. The quantitative estimate of drug-likeness (QED) is 0.931. The number of rotatable bonds is 4. The first kappa shape index (κ1) is 15.6. The average Bonchev–Trinajstić information content (AvgIpc) is 2.55. The van der Waals surface area contributed by atoms with Gasteiger partial charge in [0.05, 0.1) is 12.8 Å². The van der Waals surface area contributed by atoms with Crippen LogP contribution in [-0.4, -0.2) is 30.2 Å². The molecule has 23 heavy (non-hydrogen) atoms. The Morgan fingerprint density at radius 2 is 2.09 bits per heavy atom. The molecule has 1 saturated heterocycles. The molecule has 3 rings (SSSR count). The molecule has 2 heterocycles. The fraction of sp³-hybridized carbons (Fsp3) is 0.444. The summed E-state index contributed by atoms with van der Waals surface area (Å²) in [5, 5.41) is 3.35. The summed E-state index contributed by atoms with van der Waals surface area (Å²) in [6, 6.07) is 9.88. The summed E-state index contributed by atoms with van der Waals surface area (Å²) in [6.45, 7) is 6.36. The second-order valence-corrected chi connectivity index (χ2v) is 6.18. The second kappa shape index (κ2) is 6.86. The van der Waals surface area contributed by atoms with Crippen molar-refractivity contribution in [2.75, 3.05) is 30.4 Å². The van der Waals surface area contributed by atoms with E-state index in [4.69, 9.17) is 4.74 Å². The van der Waals surface area contributed by atoms with E-state index >= 15 is 0 Å². The molecule has 5 nitrogen and oxygen atoms in total. The maximum absolute atomic E-state index is 5.39. The van der Waals surface area contributed by atoms with Crippen LogP contribution in [-0.2, 0) is 0 Å². The maximum atomic E-state index is 5.39. The zero-order valence-electron chi connectivity index (χ0n) is 14.0. The minimum atomic E-state index is 0.713. The van der Waals surface area contributed by atoms with E-state index in [0.717, 1.165) is 42.0 Å².